The molecule has 1 heterocycles. The highest BCUT2D eigenvalue weighted by atomic mass is 35.5. The van der Waals surface area contributed by atoms with E-state index in [0.29, 0.717) is 16.9 Å². The minimum Gasteiger partial charge on any atom is -0.481 e. The maximum absolute atomic E-state index is 13.5. The highest BCUT2D eigenvalue weighted by molar-refractivity contribution is 6.30. The topological polar surface area (TPSA) is 79.5 Å². The quantitative estimate of drug-likeness (QED) is 0.883. The summed E-state index contributed by atoms with van der Waals surface area (Å²) in [6, 6.07) is 4.49. The SMILES string of the molecule is Cc1occc1C(=O)NC(CC(=O)O)c1ccc(Cl)c(F)c1. The Balaban J connectivity index is 2.26. The number of amides is 1. The fraction of sp³-hybridized carbons (Fsp3) is 0.200. The van der Waals surface area contributed by atoms with Crippen molar-refractivity contribution in [2.45, 2.75) is 19.4 Å². The Labute approximate surface area is 130 Å². The highest BCUT2D eigenvalue weighted by Crippen LogP contribution is 2.23. The van der Waals surface area contributed by atoms with Crippen molar-refractivity contribution in [2.75, 3.05) is 0 Å². The number of carboxylic acids is 1. The van der Waals surface area contributed by atoms with Crippen molar-refractivity contribution >= 4 is 23.5 Å². The number of benzene rings is 1. The Kier molecular flexibility index (Phi) is 4.82. The van der Waals surface area contributed by atoms with E-state index in [9.17, 15) is 14.0 Å². The second-order valence-corrected chi connectivity index (χ2v) is 5.10. The van der Waals surface area contributed by atoms with Crippen molar-refractivity contribution in [2.24, 2.45) is 0 Å². The van der Waals surface area contributed by atoms with Crippen LogP contribution in [-0.4, -0.2) is 17.0 Å². The molecule has 1 atom stereocenters. The zero-order chi connectivity index (χ0) is 16.3. The van der Waals surface area contributed by atoms with Crippen LogP contribution in [0.4, 0.5) is 4.39 Å². The summed E-state index contributed by atoms with van der Waals surface area (Å²) in [6.07, 6.45) is 0.974. The van der Waals surface area contributed by atoms with E-state index in [4.69, 9.17) is 21.1 Å². The molecule has 1 amide bonds. The third-order valence-corrected chi connectivity index (χ3v) is 3.44. The van der Waals surface area contributed by atoms with Crippen LogP contribution in [0.3, 0.4) is 0 Å². The molecule has 0 fully saturated rings. The minimum absolute atomic E-state index is 0.0742. The van der Waals surface area contributed by atoms with E-state index in [-0.39, 0.29) is 11.4 Å². The van der Waals surface area contributed by atoms with E-state index in [2.05, 4.69) is 5.32 Å². The van der Waals surface area contributed by atoms with E-state index < -0.39 is 23.7 Å². The first-order valence-electron chi connectivity index (χ1n) is 6.40. The van der Waals surface area contributed by atoms with Gasteiger partial charge in [-0.25, -0.2) is 4.39 Å². The van der Waals surface area contributed by atoms with Crippen LogP contribution < -0.4 is 5.32 Å². The summed E-state index contributed by atoms with van der Waals surface area (Å²) in [5, 5.41) is 11.5. The fourth-order valence-electron chi connectivity index (χ4n) is 2.01. The zero-order valence-corrected chi connectivity index (χ0v) is 12.4. The summed E-state index contributed by atoms with van der Waals surface area (Å²) in [5.74, 6) is -1.88. The molecule has 1 aromatic heterocycles. The fourth-order valence-corrected chi connectivity index (χ4v) is 2.13. The molecule has 7 heteroatoms. The van der Waals surface area contributed by atoms with Crippen LogP contribution in [0.25, 0.3) is 0 Å². The number of furan rings is 1. The number of rotatable bonds is 5. The van der Waals surface area contributed by atoms with Gasteiger partial charge in [0.2, 0.25) is 0 Å². The molecule has 0 radical (unpaired) electrons. The molecular formula is C15H13ClFNO4. The van der Waals surface area contributed by atoms with E-state index in [0.717, 1.165) is 6.07 Å². The number of aryl methyl sites for hydroxylation is 1. The van der Waals surface area contributed by atoms with Crippen molar-refractivity contribution in [1.29, 1.82) is 0 Å². The Morgan fingerprint density at radius 3 is 2.68 bits per heavy atom. The Morgan fingerprint density at radius 1 is 1.41 bits per heavy atom. The highest BCUT2D eigenvalue weighted by Gasteiger charge is 2.21. The van der Waals surface area contributed by atoms with Gasteiger partial charge in [0, 0.05) is 0 Å². The normalized spacial score (nSPS) is 12.0. The molecule has 0 aliphatic carbocycles. The van der Waals surface area contributed by atoms with Gasteiger partial charge in [-0.3, -0.25) is 9.59 Å². The Morgan fingerprint density at radius 2 is 2.14 bits per heavy atom. The number of hydrogen-bond acceptors (Lipinski definition) is 3. The first kappa shape index (κ1) is 16.0. The molecule has 1 unspecified atom stereocenters. The first-order valence-corrected chi connectivity index (χ1v) is 6.78. The number of hydrogen-bond donors (Lipinski definition) is 2. The smallest absolute Gasteiger partial charge is 0.305 e. The van der Waals surface area contributed by atoms with Crippen LogP contribution in [0.5, 0.6) is 0 Å². The van der Waals surface area contributed by atoms with E-state index >= 15 is 0 Å². The standard InChI is InChI=1S/C15H13ClFNO4/c1-8-10(4-5-22-8)15(21)18-13(7-14(19)20)9-2-3-11(16)12(17)6-9/h2-6,13H,7H2,1H3,(H,18,21)(H,19,20). The van der Waals surface area contributed by atoms with Crippen LogP contribution in [0, 0.1) is 12.7 Å². The van der Waals surface area contributed by atoms with Crippen molar-refractivity contribution in [3.63, 3.8) is 0 Å². The molecule has 22 heavy (non-hydrogen) atoms. The Hall–Kier alpha value is -2.34. The summed E-state index contributed by atoms with van der Waals surface area (Å²) >= 11 is 5.61. The second kappa shape index (κ2) is 6.62. The summed E-state index contributed by atoms with van der Waals surface area (Å²) < 4.78 is 18.6. The average molecular weight is 326 g/mol. The zero-order valence-electron chi connectivity index (χ0n) is 11.6. The van der Waals surface area contributed by atoms with Crippen LogP contribution in [0.2, 0.25) is 5.02 Å². The number of nitrogens with one attached hydrogen (secondary N) is 1. The van der Waals surface area contributed by atoms with Gasteiger partial charge in [0.05, 0.1) is 29.3 Å². The number of carboxylic acid groups (broad SMARTS) is 1. The van der Waals surface area contributed by atoms with Gasteiger partial charge in [0.1, 0.15) is 11.6 Å². The average Bonchev–Trinajstić information content (AvgIpc) is 2.87. The third kappa shape index (κ3) is 3.65. The second-order valence-electron chi connectivity index (χ2n) is 4.69. The Bertz CT molecular complexity index is 713. The van der Waals surface area contributed by atoms with Crippen LogP contribution in [-0.2, 0) is 4.79 Å². The van der Waals surface area contributed by atoms with E-state index in [1.165, 1.54) is 24.5 Å². The molecule has 0 aliphatic rings. The summed E-state index contributed by atoms with van der Waals surface area (Å²) in [7, 11) is 0. The number of aliphatic carboxylic acids is 1. The lowest BCUT2D eigenvalue weighted by atomic mass is 10.0. The van der Waals surface area contributed by atoms with E-state index in [1.807, 2.05) is 0 Å². The van der Waals surface area contributed by atoms with Crippen molar-refractivity contribution < 1.29 is 23.5 Å². The van der Waals surface area contributed by atoms with Crippen LogP contribution in [0.1, 0.15) is 34.1 Å². The van der Waals surface area contributed by atoms with Crippen LogP contribution in [0.15, 0.2) is 34.9 Å². The van der Waals surface area contributed by atoms with Gasteiger partial charge >= 0.3 is 5.97 Å². The number of carbonyl (C=O) groups excluding carboxylic acids is 1. The predicted molar refractivity (Wildman–Crippen MR) is 77.3 cm³/mol. The largest absolute Gasteiger partial charge is 0.481 e. The van der Waals surface area contributed by atoms with Gasteiger partial charge in [0.15, 0.2) is 0 Å². The lowest BCUT2D eigenvalue weighted by Gasteiger charge is -2.17. The summed E-state index contributed by atoms with van der Waals surface area (Å²) in [4.78, 5) is 23.1. The lowest BCUT2D eigenvalue weighted by Crippen LogP contribution is -2.30. The third-order valence-electron chi connectivity index (χ3n) is 3.13. The molecule has 2 N–H and O–H groups in total. The van der Waals surface area contributed by atoms with Crippen LogP contribution >= 0.6 is 11.6 Å². The molecule has 116 valence electrons. The van der Waals surface area contributed by atoms with Gasteiger partial charge in [0.25, 0.3) is 5.91 Å². The molecule has 0 spiro atoms. The van der Waals surface area contributed by atoms with Gasteiger partial charge in [-0.15, -0.1) is 0 Å². The molecule has 0 saturated heterocycles. The predicted octanol–water partition coefficient (Wildman–Crippen LogP) is 3.33. The lowest BCUT2D eigenvalue weighted by molar-refractivity contribution is -0.137. The molecule has 5 nitrogen and oxygen atoms in total. The maximum Gasteiger partial charge on any atom is 0.305 e. The first-order chi connectivity index (χ1) is 10.4. The molecular weight excluding hydrogens is 313 g/mol. The monoisotopic (exact) mass is 325 g/mol. The molecule has 1 aromatic carbocycles. The molecule has 0 saturated carbocycles. The summed E-state index contributed by atoms with van der Waals surface area (Å²) in [5.41, 5.74) is 0.614. The number of halogens is 2. The maximum atomic E-state index is 13.5. The summed E-state index contributed by atoms with van der Waals surface area (Å²) in [6.45, 7) is 1.61. The minimum atomic E-state index is -1.12. The van der Waals surface area contributed by atoms with Gasteiger partial charge < -0.3 is 14.8 Å². The van der Waals surface area contributed by atoms with Crippen molar-refractivity contribution in [3.8, 4) is 0 Å². The molecule has 2 rings (SSSR count). The molecule has 2 aromatic rings. The molecule has 0 bridgehead atoms. The van der Waals surface area contributed by atoms with Gasteiger partial charge in [-0.1, -0.05) is 17.7 Å². The van der Waals surface area contributed by atoms with Gasteiger partial charge in [-0.05, 0) is 30.7 Å². The van der Waals surface area contributed by atoms with E-state index in [1.54, 1.807) is 6.92 Å². The van der Waals surface area contributed by atoms with Gasteiger partial charge in [-0.2, -0.15) is 0 Å². The number of carbonyl (C=O) groups is 2. The van der Waals surface area contributed by atoms with Crippen molar-refractivity contribution in [1.82, 2.24) is 5.32 Å². The van der Waals surface area contributed by atoms with Crippen molar-refractivity contribution in [3.05, 3.63) is 58.3 Å². The molecule has 0 aliphatic heterocycles.